The third-order valence-electron chi connectivity index (χ3n) is 3.54. The fourth-order valence-corrected chi connectivity index (χ4v) is 2.14. The minimum Gasteiger partial charge on any atom is -0.464 e. The molecule has 1 aromatic rings. The number of rotatable bonds is 7. The van der Waals surface area contributed by atoms with Gasteiger partial charge in [0, 0.05) is 19.5 Å². The van der Waals surface area contributed by atoms with Gasteiger partial charge in [-0.1, -0.05) is 13.0 Å². The molecule has 1 saturated carbocycles. The van der Waals surface area contributed by atoms with E-state index < -0.39 is 0 Å². The zero-order valence-electron chi connectivity index (χ0n) is 11.7. The maximum atomic E-state index is 11.8. The number of likely N-dealkylation sites (N-methyl/N-ethyl adjacent to an activating group) is 1. The third kappa shape index (κ3) is 3.70. The van der Waals surface area contributed by atoms with Crippen LogP contribution in [0.4, 0.5) is 0 Å². The largest absolute Gasteiger partial charge is 0.464 e. The number of carbonyl (C=O) groups is 1. The summed E-state index contributed by atoms with van der Waals surface area (Å²) in [5.41, 5.74) is 0. The molecule has 0 spiro atoms. The lowest BCUT2D eigenvalue weighted by Gasteiger charge is -2.15. The fourth-order valence-electron chi connectivity index (χ4n) is 2.14. The summed E-state index contributed by atoms with van der Waals surface area (Å²) in [5.74, 6) is 3.30. The monoisotopic (exact) mass is 262 g/mol. The van der Waals surface area contributed by atoms with E-state index in [4.69, 9.17) is 4.42 Å². The van der Waals surface area contributed by atoms with Crippen LogP contribution in [0.5, 0.6) is 0 Å². The van der Waals surface area contributed by atoms with E-state index in [1.807, 2.05) is 12.1 Å². The molecule has 1 aliphatic rings. The third-order valence-corrected chi connectivity index (χ3v) is 3.54. The van der Waals surface area contributed by atoms with Gasteiger partial charge in [-0.25, -0.2) is 0 Å². The van der Waals surface area contributed by atoms with Gasteiger partial charge in [0.1, 0.15) is 11.5 Å². The number of hydrogen-bond acceptors (Lipinski definition) is 3. The summed E-state index contributed by atoms with van der Waals surface area (Å²) in [6, 6.07) is 4.01. The lowest BCUT2D eigenvalue weighted by molar-refractivity contribution is -0.129. The standard InChI is InChI=1S/C15H22N2O2/c1-4-7-16-9-15(18)17(3)10-12-5-6-14(19-12)13-8-11(13)2/h4-6,11,13,16H,1,7-10H2,2-3H3. The Morgan fingerprint density at radius 3 is 3.00 bits per heavy atom. The minimum atomic E-state index is 0.0552. The number of amides is 1. The van der Waals surface area contributed by atoms with Crippen molar-refractivity contribution in [2.75, 3.05) is 20.1 Å². The molecule has 0 radical (unpaired) electrons. The van der Waals surface area contributed by atoms with E-state index in [9.17, 15) is 4.79 Å². The van der Waals surface area contributed by atoms with E-state index in [0.717, 1.165) is 17.4 Å². The predicted octanol–water partition coefficient (Wildman–Crippen LogP) is 2.14. The number of furan rings is 1. The summed E-state index contributed by atoms with van der Waals surface area (Å²) in [6.45, 7) is 7.32. The maximum absolute atomic E-state index is 11.8. The van der Waals surface area contributed by atoms with Gasteiger partial charge in [-0.05, 0) is 24.5 Å². The highest BCUT2D eigenvalue weighted by Gasteiger charge is 2.36. The van der Waals surface area contributed by atoms with Crippen LogP contribution >= 0.6 is 0 Å². The number of nitrogens with zero attached hydrogens (tertiary/aromatic N) is 1. The van der Waals surface area contributed by atoms with Crippen LogP contribution in [0.15, 0.2) is 29.2 Å². The molecule has 2 unspecified atom stereocenters. The highest BCUT2D eigenvalue weighted by Crippen LogP contribution is 2.47. The van der Waals surface area contributed by atoms with Crippen LogP contribution in [0.2, 0.25) is 0 Å². The Labute approximate surface area is 114 Å². The van der Waals surface area contributed by atoms with Crippen molar-refractivity contribution in [1.29, 1.82) is 0 Å². The van der Waals surface area contributed by atoms with Gasteiger partial charge in [0.05, 0.1) is 13.1 Å². The molecule has 0 bridgehead atoms. The van der Waals surface area contributed by atoms with Crippen LogP contribution in [0.1, 0.15) is 30.8 Å². The first-order chi connectivity index (χ1) is 9.11. The van der Waals surface area contributed by atoms with Gasteiger partial charge < -0.3 is 14.6 Å². The Kier molecular flexibility index (Phi) is 4.43. The summed E-state index contributed by atoms with van der Waals surface area (Å²) in [5, 5.41) is 3.00. The Balaban J connectivity index is 1.81. The zero-order valence-corrected chi connectivity index (χ0v) is 11.7. The first-order valence-corrected chi connectivity index (χ1v) is 6.76. The van der Waals surface area contributed by atoms with Crippen LogP contribution < -0.4 is 5.32 Å². The van der Waals surface area contributed by atoms with Gasteiger partial charge in [-0.15, -0.1) is 6.58 Å². The summed E-state index contributed by atoms with van der Waals surface area (Å²) in [7, 11) is 1.79. The molecule has 1 N–H and O–H groups in total. The molecular formula is C15H22N2O2. The van der Waals surface area contributed by atoms with Gasteiger partial charge in [-0.2, -0.15) is 0 Å². The van der Waals surface area contributed by atoms with E-state index in [-0.39, 0.29) is 5.91 Å². The maximum Gasteiger partial charge on any atom is 0.236 e. The molecule has 19 heavy (non-hydrogen) atoms. The molecule has 1 heterocycles. The quantitative estimate of drug-likeness (QED) is 0.605. The molecule has 2 rings (SSSR count). The summed E-state index contributed by atoms with van der Waals surface area (Å²) in [6.07, 6.45) is 2.95. The summed E-state index contributed by atoms with van der Waals surface area (Å²) < 4.78 is 5.79. The van der Waals surface area contributed by atoms with Crippen molar-refractivity contribution in [2.45, 2.75) is 25.8 Å². The predicted molar refractivity (Wildman–Crippen MR) is 74.8 cm³/mol. The normalized spacial score (nSPS) is 21.2. The molecule has 4 heteroatoms. The Morgan fingerprint density at radius 2 is 2.37 bits per heavy atom. The molecule has 104 valence electrons. The first-order valence-electron chi connectivity index (χ1n) is 6.76. The van der Waals surface area contributed by atoms with Crippen molar-refractivity contribution >= 4 is 5.91 Å². The molecule has 0 aromatic carbocycles. The average molecular weight is 262 g/mol. The number of carbonyl (C=O) groups excluding carboxylic acids is 1. The highest BCUT2D eigenvalue weighted by molar-refractivity contribution is 5.77. The van der Waals surface area contributed by atoms with E-state index in [0.29, 0.717) is 25.6 Å². The molecule has 0 aliphatic heterocycles. The molecule has 1 amide bonds. The van der Waals surface area contributed by atoms with E-state index in [1.54, 1.807) is 18.0 Å². The molecule has 4 nitrogen and oxygen atoms in total. The Hall–Kier alpha value is -1.55. The zero-order chi connectivity index (χ0) is 13.8. The second-order valence-electron chi connectivity index (χ2n) is 5.29. The molecule has 2 atom stereocenters. The van der Waals surface area contributed by atoms with Crippen molar-refractivity contribution in [3.8, 4) is 0 Å². The van der Waals surface area contributed by atoms with Crippen molar-refractivity contribution in [3.05, 3.63) is 36.3 Å². The van der Waals surface area contributed by atoms with Crippen LogP contribution in [0, 0.1) is 5.92 Å². The van der Waals surface area contributed by atoms with Gasteiger partial charge in [0.15, 0.2) is 0 Å². The van der Waals surface area contributed by atoms with Crippen LogP contribution in [-0.4, -0.2) is 30.9 Å². The first kappa shape index (κ1) is 13.9. The Morgan fingerprint density at radius 1 is 1.63 bits per heavy atom. The highest BCUT2D eigenvalue weighted by atomic mass is 16.3. The molecule has 1 fully saturated rings. The number of nitrogens with one attached hydrogen (secondary N) is 1. The molecule has 1 aliphatic carbocycles. The van der Waals surface area contributed by atoms with Gasteiger partial charge >= 0.3 is 0 Å². The van der Waals surface area contributed by atoms with E-state index in [2.05, 4.69) is 18.8 Å². The molecule has 1 aromatic heterocycles. The van der Waals surface area contributed by atoms with Crippen molar-refractivity contribution < 1.29 is 9.21 Å². The smallest absolute Gasteiger partial charge is 0.236 e. The van der Waals surface area contributed by atoms with Crippen molar-refractivity contribution in [2.24, 2.45) is 5.92 Å². The van der Waals surface area contributed by atoms with Gasteiger partial charge in [0.25, 0.3) is 0 Å². The van der Waals surface area contributed by atoms with Crippen LogP contribution in [-0.2, 0) is 11.3 Å². The van der Waals surface area contributed by atoms with E-state index >= 15 is 0 Å². The van der Waals surface area contributed by atoms with Crippen molar-refractivity contribution in [3.63, 3.8) is 0 Å². The second kappa shape index (κ2) is 6.06. The summed E-state index contributed by atoms with van der Waals surface area (Å²) >= 11 is 0. The lowest BCUT2D eigenvalue weighted by Crippen LogP contribution is -2.35. The molecule has 0 saturated heterocycles. The minimum absolute atomic E-state index is 0.0552. The SMILES string of the molecule is C=CCNCC(=O)N(C)Cc1ccc(C2CC2C)o1. The van der Waals surface area contributed by atoms with Crippen LogP contribution in [0.3, 0.4) is 0 Å². The topological polar surface area (TPSA) is 45.5 Å². The van der Waals surface area contributed by atoms with Gasteiger partial charge in [0.2, 0.25) is 5.91 Å². The number of hydrogen-bond donors (Lipinski definition) is 1. The van der Waals surface area contributed by atoms with Crippen LogP contribution in [0.25, 0.3) is 0 Å². The fraction of sp³-hybridized carbons (Fsp3) is 0.533. The van der Waals surface area contributed by atoms with Crippen molar-refractivity contribution in [1.82, 2.24) is 10.2 Å². The average Bonchev–Trinajstić information content (AvgIpc) is 2.93. The van der Waals surface area contributed by atoms with E-state index in [1.165, 1.54) is 6.42 Å². The Bertz CT molecular complexity index is 453. The van der Waals surface area contributed by atoms with Gasteiger partial charge in [-0.3, -0.25) is 4.79 Å². The molecular weight excluding hydrogens is 240 g/mol. The lowest BCUT2D eigenvalue weighted by atomic mass is 10.3. The second-order valence-corrected chi connectivity index (χ2v) is 5.29. The summed E-state index contributed by atoms with van der Waals surface area (Å²) in [4.78, 5) is 13.5.